The van der Waals surface area contributed by atoms with Gasteiger partial charge in [0.15, 0.2) is 11.5 Å². The van der Waals surface area contributed by atoms with E-state index in [1.807, 2.05) is 0 Å². The molecule has 1 amide bonds. The van der Waals surface area contributed by atoms with E-state index in [1.54, 1.807) is 23.6 Å². The van der Waals surface area contributed by atoms with Gasteiger partial charge in [0.2, 0.25) is 0 Å². The normalized spacial score (nSPS) is 12.8. The van der Waals surface area contributed by atoms with Gasteiger partial charge in [-0.1, -0.05) is 6.07 Å². The lowest BCUT2D eigenvalue weighted by Crippen LogP contribution is -2.24. The van der Waals surface area contributed by atoms with Crippen molar-refractivity contribution in [2.75, 3.05) is 11.9 Å². The minimum absolute atomic E-state index is 0.0328. The topological polar surface area (TPSA) is 144 Å². The van der Waals surface area contributed by atoms with Crippen LogP contribution in [0.3, 0.4) is 0 Å². The molecule has 0 aliphatic rings. The van der Waals surface area contributed by atoms with Crippen LogP contribution in [0.15, 0.2) is 35.4 Å². The molecule has 0 saturated carbocycles. The van der Waals surface area contributed by atoms with Crippen molar-refractivity contribution >= 4 is 22.8 Å². The van der Waals surface area contributed by atoms with Crippen LogP contribution in [-0.2, 0) is 13.2 Å². The average Bonchev–Trinajstić information content (AvgIpc) is 3.38. The molecule has 3 N–H and O–H groups in total. The highest BCUT2D eigenvalue weighted by Gasteiger charge is 2.37. The number of nitrogens with zero attached hydrogens (tertiary/aromatic N) is 6. The summed E-state index contributed by atoms with van der Waals surface area (Å²) < 4.78 is 42.4. The molecule has 0 fully saturated rings. The second-order valence-corrected chi connectivity index (χ2v) is 7.20. The molecule has 0 aliphatic carbocycles. The van der Waals surface area contributed by atoms with E-state index in [0.29, 0.717) is 11.5 Å². The van der Waals surface area contributed by atoms with Crippen molar-refractivity contribution in [3.63, 3.8) is 0 Å². The van der Waals surface area contributed by atoms with Crippen LogP contribution in [0.4, 0.5) is 19.0 Å². The first-order valence-corrected chi connectivity index (χ1v) is 9.56. The number of H-pyrrole nitrogens is 1. The Morgan fingerprint density at radius 1 is 1.33 bits per heavy atom. The monoisotopic (exact) mass is 462 g/mol. The van der Waals surface area contributed by atoms with Crippen LogP contribution in [0.1, 0.15) is 29.0 Å². The zero-order chi connectivity index (χ0) is 23.9. The Morgan fingerprint density at radius 3 is 2.79 bits per heavy atom. The maximum atomic E-state index is 13.3. The quantitative estimate of drug-likeness (QED) is 0.410. The summed E-state index contributed by atoms with van der Waals surface area (Å²) in [6.07, 6.45) is -3.35. The van der Waals surface area contributed by atoms with E-state index in [1.165, 1.54) is 19.4 Å². The van der Waals surface area contributed by atoms with E-state index in [-0.39, 0.29) is 24.1 Å². The number of aryl methyl sites for hydroxylation is 1. The number of rotatable bonds is 5. The Balaban J connectivity index is 1.68. The van der Waals surface area contributed by atoms with Gasteiger partial charge in [0.25, 0.3) is 11.5 Å². The molecule has 0 spiro atoms. The predicted octanol–water partition coefficient (Wildman–Crippen LogP) is 1.74. The van der Waals surface area contributed by atoms with Crippen molar-refractivity contribution in [2.24, 2.45) is 7.05 Å². The van der Waals surface area contributed by atoms with Crippen LogP contribution in [-0.4, -0.2) is 52.1 Å². The highest BCUT2D eigenvalue weighted by molar-refractivity contribution is 6.05. The lowest BCUT2D eigenvalue weighted by Gasteiger charge is -2.12. The van der Waals surface area contributed by atoms with Gasteiger partial charge < -0.3 is 20.0 Å². The number of hydrogen-bond acceptors (Lipinski definition) is 7. The molecular weight excluding hydrogens is 445 g/mol. The van der Waals surface area contributed by atoms with E-state index in [4.69, 9.17) is 0 Å². The first kappa shape index (κ1) is 22.1. The summed E-state index contributed by atoms with van der Waals surface area (Å²) in [7, 11) is 1.25. The van der Waals surface area contributed by atoms with Gasteiger partial charge >= 0.3 is 6.18 Å². The number of hydrogen-bond donors (Lipinski definition) is 3. The second-order valence-electron chi connectivity index (χ2n) is 7.20. The van der Waals surface area contributed by atoms with E-state index in [0.717, 1.165) is 10.7 Å². The van der Waals surface area contributed by atoms with Crippen molar-refractivity contribution < 1.29 is 23.1 Å². The third-order valence-corrected chi connectivity index (χ3v) is 4.89. The molecule has 14 heteroatoms. The number of aromatic amines is 1. The number of aromatic nitrogens is 7. The number of halogens is 3. The molecule has 172 valence electrons. The zero-order valence-electron chi connectivity index (χ0n) is 17.3. The van der Waals surface area contributed by atoms with Crippen LogP contribution in [0, 0.1) is 0 Å². The molecule has 0 aliphatic heterocycles. The summed E-state index contributed by atoms with van der Waals surface area (Å²) in [5.41, 5.74) is -2.49. The number of carbonyl (C=O) groups is 1. The summed E-state index contributed by atoms with van der Waals surface area (Å²) in [4.78, 5) is 31.6. The summed E-state index contributed by atoms with van der Waals surface area (Å²) in [5, 5.41) is 22.6. The summed E-state index contributed by atoms with van der Waals surface area (Å²) in [5.74, 6) is -0.590. The van der Waals surface area contributed by atoms with Gasteiger partial charge in [0.05, 0.1) is 18.0 Å². The van der Waals surface area contributed by atoms with Gasteiger partial charge in [-0.3, -0.25) is 14.3 Å². The molecule has 0 bridgehead atoms. The summed E-state index contributed by atoms with van der Waals surface area (Å²) in [6, 6.07) is 5.13. The molecule has 4 heterocycles. The lowest BCUT2D eigenvalue weighted by atomic mass is 10.2. The molecule has 4 rings (SSSR count). The van der Waals surface area contributed by atoms with Crippen LogP contribution in [0.5, 0.6) is 0 Å². The van der Waals surface area contributed by atoms with E-state index >= 15 is 0 Å². The van der Waals surface area contributed by atoms with Gasteiger partial charge in [-0.25, -0.2) is 4.98 Å². The van der Waals surface area contributed by atoms with Crippen molar-refractivity contribution in [3.8, 4) is 11.5 Å². The van der Waals surface area contributed by atoms with Crippen molar-refractivity contribution in [1.29, 1.82) is 0 Å². The van der Waals surface area contributed by atoms with Gasteiger partial charge in [-0.2, -0.15) is 18.3 Å². The van der Waals surface area contributed by atoms with Crippen molar-refractivity contribution in [1.82, 2.24) is 34.5 Å². The standard InChI is InChI=1S/C19H17F3N8O3/c1-9(7-31)30-8-23-27-16(30)12-4-3-5-13(24-12)25-17(32)11-6-10-14(19(20,21)22)28-29(2)15(10)26-18(11)33/h3-6,8-9,31H,7H2,1-2H3,(H,26,33)(H,24,25,32). The Labute approximate surface area is 182 Å². The third kappa shape index (κ3) is 4.07. The molecule has 11 nitrogen and oxygen atoms in total. The number of nitrogens with one attached hydrogen (secondary N) is 2. The first-order valence-electron chi connectivity index (χ1n) is 9.56. The van der Waals surface area contributed by atoms with E-state index < -0.39 is 34.3 Å². The molecule has 0 radical (unpaired) electrons. The third-order valence-electron chi connectivity index (χ3n) is 4.89. The average molecular weight is 462 g/mol. The first-order chi connectivity index (χ1) is 15.6. The van der Waals surface area contributed by atoms with Crippen LogP contribution in [0.25, 0.3) is 22.6 Å². The fourth-order valence-electron chi connectivity index (χ4n) is 3.24. The predicted molar refractivity (Wildman–Crippen MR) is 109 cm³/mol. The Bertz CT molecular complexity index is 1410. The number of aliphatic hydroxyl groups is 1. The van der Waals surface area contributed by atoms with Crippen LogP contribution < -0.4 is 10.9 Å². The van der Waals surface area contributed by atoms with Gasteiger partial charge in [0, 0.05) is 7.05 Å². The molecule has 1 unspecified atom stereocenters. The Hall–Kier alpha value is -4.07. The van der Waals surface area contributed by atoms with E-state index in [2.05, 4.69) is 30.6 Å². The highest BCUT2D eigenvalue weighted by Crippen LogP contribution is 2.33. The van der Waals surface area contributed by atoms with E-state index in [9.17, 15) is 27.9 Å². The number of alkyl halides is 3. The molecule has 4 aromatic heterocycles. The maximum absolute atomic E-state index is 13.3. The molecule has 1 atom stereocenters. The number of pyridine rings is 2. The molecule has 33 heavy (non-hydrogen) atoms. The fraction of sp³-hybridized carbons (Fsp3) is 0.263. The number of fused-ring (bicyclic) bond motifs is 1. The second kappa shape index (κ2) is 8.12. The SMILES string of the molecule is CC(CO)n1cnnc1-c1cccc(NC(=O)c2cc3c(C(F)(F)F)nn(C)c3[nH]c2=O)n1. The number of anilines is 1. The van der Waals surface area contributed by atoms with Crippen LogP contribution in [0.2, 0.25) is 0 Å². The Kier molecular flexibility index (Phi) is 5.45. The number of aliphatic hydroxyl groups excluding tert-OH is 1. The molecule has 4 aromatic rings. The number of amides is 1. The van der Waals surface area contributed by atoms with Crippen molar-refractivity contribution in [3.05, 3.63) is 52.2 Å². The Morgan fingerprint density at radius 2 is 2.09 bits per heavy atom. The van der Waals surface area contributed by atoms with Gasteiger partial charge in [-0.15, -0.1) is 10.2 Å². The largest absolute Gasteiger partial charge is 0.435 e. The summed E-state index contributed by atoms with van der Waals surface area (Å²) >= 11 is 0. The minimum Gasteiger partial charge on any atom is -0.394 e. The minimum atomic E-state index is -4.77. The lowest BCUT2D eigenvalue weighted by molar-refractivity contribution is -0.140. The van der Waals surface area contributed by atoms with Gasteiger partial charge in [-0.05, 0) is 25.1 Å². The number of carbonyl (C=O) groups excluding carboxylic acids is 1. The molecule has 0 saturated heterocycles. The smallest absolute Gasteiger partial charge is 0.394 e. The zero-order valence-corrected chi connectivity index (χ0v) is 17.3. The maximum Gasteiger partial charge on any atom is 0.435 e. The fourth-order valence-corrected chi connectivity index (χ4v) is 3.24. The summed E-state index contributed by atoms with van der Waals surface area (Å²) in [6.45, 7) is 1.58. The molecular formula is C19H17F3N8O3. The van der Waals surface area contributed by atoms with Crippen molar-refractivity contribution in [2.45, 2.75) is 19.1 Å². The highest BCUT2D eigenvalue weighted by atomic mass is 19.4. The molecule has 0 aromatic carbocycles. The van der Waals surface area contributed by atoms with Crippen LogP contribution >= 0.6 is 0 Å². The van der Waals surface area contributed by atoms with Gasteiger partial charge in [0.1, 0.15) is 29.0 Å².